The average Bonchev–Trinajstić information content (AvgIpc) is 3.47. The van der Waals surface area contributed by atoms with Crippen LogP contribution < -0.4 is 5.32 Å². The minimum atomic E-state index is -0.185. The quantitative estimate of drug-likeness (QED) is 0.419. The van der Waals surface area contributed by atoms with Crippen LogP contribution in [0, 0.1) is 13.8 Å². The number of rotatable bonds is 7. The molecule has 0 aliphatic carbocycles. The molecule has 3 heterocycles. The van der Waals surface area contributed by atoms with Gasteiger partial charge in [-0.3, -0.25) is 4.79 Å². The van der Waals surface area contributed by atoms with Gasteiger partial charge in [-0.05, 0) is 36.9 Å². The highest BCUT2D eigenvalue weighted by molar-refractivity contribution is 7.99. The summed E-state index contributed by atoms with van der Waals surface area (Å²) in [4.78, 5) is 13.7. The molecule has 3 aromatic heterocycles. The Morgan fingerprint density at radius 3 is 2.69 bits per heavy atom. The third-order valence-electron chi connectivity index (χ3n) is 4.37. The van der Waals surface area contributed by atoms with E-state index in [0.29, 0.717) is 16.9 Å². The Kier molecular flexibility index (Phi) is 5.82. The summed E-state index contributed by atoms with van der Waals surface area (Å²) in [7, 11) is 0. The molecule has 6 nitrogen and oxygen atoms in total. The van der Waals surface area contributed by atoms with Gasteiger partial charge in [-0.2, -0.15) is 0 Å². The summed E-state index contributed by atoms with van der Waals surface area (Å²) in [6, 6.07) is 13.8. The predicted molar refractivity (Wildman–Crippen MR) is 113 cm³/mol. The van der Waals surface area contributed by atoms with Crippen LogP contribution in [-0.2, 0) is 4.79 Å². The number of amides is 1. The Morgan fingerprint density at radius 1 is 1.17 bits per heavy atom. The maximum Gasteiger partial charge on any atom is 0.277 e. The van der Waals surface area contributed by atoms with E-state index in [1.807, 2.05) is 43.5 Å². The van der Waals surface area contributed by atoms with Crippen LogP contribution in [0.1, 0.15) is 27.8 Å². The zero-order chi connectivity index (χ0) is 20.2. The Labute approximate surface area is 176 Å². The molecule has 8 heteroatoms. The van der Waals surface area contributed by atoms with E-state index in [9.17, 15) is 4.79 Å². The first-order valence-electron chi connectivity index (χ1n) is 9.00. The molecule has 148 valence electrons. The number of hydrogen-bond donors (Lipinski definition) is 1. The second-order valence-electron chi connectivity index (χ2n) is 6.48. The van der Waals surface area contributed by atoms with E-state index in [1.165, 1.54) is 17.3 Å². The lowest BCUT2D eigenvalue weighted by atomic mass is 10.0. The number of hydrogen-bond acceptors (Lipinski definition) is 7. The molecule has 0 bridgehead atoms. The van der Waals surface area contributed by atoms with E-state index in [1.54, 1.807) is 23.7 Å². The fourth-order valence-electron chi connectivity index (χ4n) is 2.85. The van der Waals surface area contributed by atoms with Crippen LogP contribution in [0.4, 0.5) is 0 Å². The SMILES string of the molecule is Cc1ccc(C(NC(=O)CSc2nnc(-c3ccoc3C)o2)c2cccs2)cc1. The van der Waals surface area contributed by atoms with Crippen molar-refractivity contribution in [1.29, 1.82) is 0 Å². The highest BCUT2D eigenvalue weighted by Gasteiger charge is 2.19. The predicted octanol–water partition coefficient (Wildman–Crippen LogP) is 5.01. The molecule has 1 N–H and O–H groups in total. The molecule has 4 rings (SSSR count). The van der Waals surface area contributed by atoms with E-state index in [4.69, 9.17) is 8.83 Å². The van der Waals surface area contributed by atoms with Gasteiger partial charge in [-0.1, -0.05) is 47.7 Å². The van der Waals surface area contributed by atoms with Crippen LogP contribution in [0.5, 0.6) is 0 Å². The molecule has 1 aromatic carbocycles. The van der Waals surface area contributed by atoms with Crippen LogP contribution >= 0.6 is 23.1 Å². The van der Waals surface area contributed by atoms with Crippen LogP contribution in [0.15, 0.2) is 68.2 Å². The topological polar surface area (TPSA) is 81.2 Å². The van der Waals surface area contributed by atoms with E-state index < -0.39 is 0 Å². The van der Waals surface area contributed by atoms with Gasteiger partial charge in [-0.15, -0.1) is 21.5 Å². The van der Waals surface area contributed by atoms with Gasteiger partial charge in [0, 0.05) is 4.88 Å². The smallest absolute Gasteiger partial charge is 0.277 e. The lowest BCUT2D eigenvalue weighted by Gasteiger charge is -2.18. The fraction of sp³-hybridized carbons (Fsp3) is 0.190. The van der Waals surface area contributed by atoms with E-state index in [0.717, 1.165) is 16.0 Å². The summed E-state index contributed by atoms with van der Waals surface area (Å²) in [5.41, 5.74) is 2.98. The van der Waals surface area contributed by atoms with Gasteiger partial charge in [0.2, 0.25) is 5.91 Å². The average molecular weight is 426 g/mol. The third kappa shape index (κ3) is 4.60. The van der Waals surface area contributed by atoms with Crippen molar-refractivity contribution >= 4 is 29.0 Å². The zero-order valence-electron chi connectivity index (χ0n) is 15.9. The molecule has 29 heavy (non-hydrogen) atoms. The first kappa shape index (κ1) is 19.5. The van der Waals surface area contributed by atoms with E-state index in [-0.39, 0.29) is 17.7 Å². The summed E-state index contributed by atoms with van der Waals surface area (Å²) in [6.45, 7) is 3.87. The number of nitrogens with zero attached hydrogens (tertiary/aromatic N) is 2. The van der Waals surface area contributed by atoms with Crippen molar-refractivity contribution in [1.82, 2.24) is 15.5 Å². The highest BCUT2D eigenvalue weighted by Crippen LogP contribution is 2.28. The summed E-state index contributed by atoms with van der Waals surface area (Å²) in [6.07, 6.45) is 1.57. The van der Waals surface area contributed by atoms with Crippen molar-refractivity contribution in [3.05, 3.63) is 75.9 Å². The normalized spacial score (nSPS) is 12.1. The number of thioether (sulfide) groups is 1. The van der Waals surface area contributed by atoms with Crippen LogP contribution in [-0.4, -0.2) is 21.9 Å². The molecule has 0 spiro atoms. The van der Waals surface area contributed by atoms with Gasteiger partial charge in [0.05, 0.1) is 23.6 Å². The van der Waals surface area contributed by atoms with Crippen molar-refractivity contribution < 1.29 is 13.6 Å². The Hall–Kier alpha value is -2.84. The van der Waals surface area contributed by atoms with Crippen molar-refractivity contribution in [2.75, 3.05) is 5.75 Å². The van der Waals surface area contributed by atoms with Crippen LogP contribution in [0.2, 0.25) is 0 Å². The number of thiophene rings is 1. The summed E-state index contributed by atoms with van der Waals surface area (Å²) in [5, 5.41) is 13.5. The molecular weight excluding hydrogens is 406 g/mol. The molecule has 1 unspecified atom stereocenters. The number of aryl methyl sites for hydroxylation is 2. The monoisotopic (exact) mass is 425 g/mol. The molecule has 0 aliphatic rings. The van der Waals surface area contributed by atoms with Gasteiger partial charge in [-0.25, -0.2) is 0 Å². The second kappa shape index (κ2) is 8.67. The minimum absolute atomic E-state index is 0.104. The minimum Gasteiger partial charge on any atom is -0.469 e. The molecule has 0 saturated heterocycles. The second-order valence-corrected chi connectivity index (χ2v) is 8.38. The van der Waals surface area contributed by atoms with Gasteiger partial charge in [0.25, 0.3) is 11.1 Å². The molecule has 0 fully saturated rings. The number of furan rings is 1. The lowest BCUT2D eigenvalue weighted by molar-refractivity contribution is -0.119. The molecular formula is C21H19N3O3S2. The first-order chi connectivity index (χ1) is 14.1. The number of aromatic nitrogens is 2. The summed E-state index contributed by atoms with van der Waals surface area (Å²) >= 11 is 2.83. The first-order valence-corrected chi connectivity index (χ1v) is 10.9. The largest absolute Gasteiger partial charge is 0.469 e. The maximum absolute atomic E-state index is 12.6. The number of carbonyl (C=O) groups excluding carboxylic acids is 1. The van der Waals surface area contributed by atoms with E-state index >= 15 is 0 Å². The Bertz CT molecular complexity index is 1080. The number of carbonyl (C=O) groups is 1. The van der Waals surface area contributed by atoms with Crippen molar-refractivity contribution in [3.63, 3.8) is 0 Å². The van der Waals surface area contributed by atoms with Gasteiger partial charge in [0.15, 0.2) is 0 Å². The van der Waals surface area contributed by atoms with Crippen LogP contribution in [0.3, 0.4) is 0 Å². The molecule has 0 saturated carbocycles. The Morgan fingerprint density at radius 2 is 2.00 bits per heavy atom. The van der Waals surface area contributed by atoms with Crippen molar-refractivity contribution in [2.24, 2.45) is 0 Å². The molecule has 0 aliphatic heterocycles. The molecule has 1 atom stereocenters. The highest BCUT2D eigenvalue weighted by atomic mass is 32.2. The summed E-state index contributed by atoms with van der Waals surface area (Å²) < 4.78 is 10.9. The fourth-order valence-corrected chi connectivity index (χ4v) is 4.22. The summed E-state index contributed by atoms with van der Waals surface area (Å²) in [5.74, 6) is 1.17. The van der Waals surface area contributed by atoms with Crippen molar-refractivity contribution in [2.45, 2.75) is 25.1 Å². The lowest BCUT2D eigenvalue weighted by Crippen LogP contribution is -2.30. The van der Waals surface area contributed by atoms with Gasteiger partial charge >= 0.3 is 0 Å². The van der Waals surface area contributed by atoms with Gasteiger partial charge in [0.1, 0.15) is 5.76 Å². The molecule has 4 aromatic rings. The van der Waals surface area contributed by atoms with Crippen LogP contribution in [0.25, 0.3) is 11.5 Å². The Balaban J connectivity index is 1.42. The number of benzene rings is 1. The molecule has 1 amide bonds. The maximum atomic E-state index is 12.6. The number of nitrogens with one attached hydrogen (secondary N) is 1. The zero-order valence-corrected chi connectivity index (χ0v) is 17.5. The van der Waals surface area contributed by atoms with Gasteiger partial charge < -0.3 is 14.2 Å². The van der Waals surface area contributed by atoms with Crippen molar-refractivity contribution in [3.8, 4) is 11.5 Å². The van der Waals surface area contributed by atoms with E-state index in [2.05, 4.69) is 27.6 Å². The third-order valence-corrected chi connectivity index (χ3v) is 6.12. The molecule has 0 radical (unpaired) electrons. The standard InChI is InChI=1S/C21H19N3O3S2/c1-13-5-7-15(8-6-13)19(17-4-3-11-28-17)22-18(25)12-29-21-24-23-20(27-21)16-9-10-26-14(16)2/h3-11,19H,12H2,1-2H3,(H,22,25).